The van der Waals surface area contributed by atoms with Crippen molar-refractivity contribution in [3.8, 4) is 6.07 Å². The molecule has 1 fully saturated rings. The highest BCUT2D eigenvalue weighted by molar-refractivity contribution is 5.79. The maximum atomic E-state index is 12.1. The summed E-state index contributed by atoms with van der Waals surface area (Å²) in [7, 11) is 0. The third-order valence-corrected chi connectivity index (χ3v) is 4.36. The molecule has 0 aromatic rings. The zero-order valence-corrected chi connectivity index (χ0v) is 12.5. The third kappa shape index (κ3) is 5.63. The number of amides is 1. The molecule has 1 N–H and O–H groups in total. The topological polar surface area (TPSA) is 52.9 Å². The Bertz CT molecular complexity index is 300. The molecule has 0 spiro atoms. The Labute approximate surface area is 117 Å². The Morgan fingerprint density at radius 3 is 2.53 bits per heavy atom. The molecule has 3 heteroatoms. The first-order valence-electron chi connectivity index (χ1n) is 7.88. The number of nitrogens with one attached hydrogen (secondary N) is 1. The van der Waals surface area contributed by atoms with Gasteiger partial charge in [-0.1, -0.05) is 33.1 Å². The van der Waals surface area contributed by atoms with E-state index in [9.17, 15) is 4.79 Å². The molecular formula is C16H28N2O. The number of hydrogen-bond donors (Lipinski definition) is 1. The fourth-order valence-corrected chi connectivity index (χ4v) is 2.93. The first-order valence-corrected chi connectivity index (χ1v) is 7.88. The van der Waals surface area contributed by atoms with Crippen LogP contribution in [0.3, 0.4) is 0 Å². The molecule has 0 aromatic carbocycles. The molecule has 1 aliphatic carbocycles. The van der Waals surface area contributed by atoms with E-state index >= 15 is 0 Å². The largest absolute Gasteiger partial charge is 0.352 e. The number of unbranched alkanes of at least 4 members (excludes halogenated alkanes) is 1. The lowest BCUT2D eigenvalue weighted by atomic mass is 9.79. The van der Waals surface area contributed by atoms with E-state index in [1.165, 1.54) is 32.1 Å². The first-order chi connectivity index (χ1) is 9.21. The minimum Gasteiger partial charge on any atom is -0.352 e. The average Bonchev–Trinajstić information content (AvgIpc) is 2.45. The second-order valence-corrected chi connectivity index (χ2v) is 5.84. The van der Waals surface area contributed by atoms with Crippen LogP contribution < -0.4 is 5.32 Å². The summed E-state index contributed by atoms with van der Waals surface area (Å²) < 4.78 is 0. The van der Waals surface area contributed by atoms with Crippen molar-refractivity contribution in [3.63, 3.8) is 0 Å². The van der Waals surface area contributed by atoms with Crippen LogP contribution in [0.2, 0.25) is 0 Å². The average molecular weight is 264 g/mol. The van der Waals surface area contributed by atoms with Gasteiger partial charge in [-0.05, 0) is 38.0 Å². The van der Waals surface area contributed by atoms with Gasteiger partial charge in [-0.25, -0.2) is 0 Å². The molecule has 0 bridgehead atoms. The molecule has 1 aliphatic rings. The molecule has 19 heavy (non-hydrogen) atoms. The fraction of sp³-hybridized carbons (Fsp3) is 0.875. The monoisotopic (exact) mass is 264 g/mol. The van der Waals surface area contributed by atoms with Gasteiger partial charge in [0.1, 0.15) is 0 Å². The van der Waals surface area contributed by atoms with Crippen molar-refractivity contribution in [1.29, 1.82) is 5.26 Å². The van der Waals surface area contributed by atoms with Crippen molar-refractivity contribution in [3.05, 3.63) is 0 Å². The fourth-order valence-electron chi connectivity index (χ4n) is 2.93. The van der Waals surface area contributed by atoms with E-state index in [1.807, 2.05) is 6.92 Å². The number of nitriles is 1. The predicted molar refractivity (Wildman–Crippen MR) is 77.4 cm³/mol. The van der Waals surface area contributed by atoms with Gasteiger partial charge in [0.25, 0.3) is 0 Å². The van der Waals surface area contributed by atoms with Crippen molar-refractivity contribution in [2.24, 2.45) is 11.8 Å². The molecule has 1 rings (SSSR count). The van der Waals surface area contributed by atoms with Gasteiger partial charge >= 0.3 is 0 Å². The number of carbonyl (C=O) groups excluding carboxylic acids is 1. The van der Waals surface area contributed by atoms with Gasteiger partial charge in [-0.15, -0.1) is 0 Å². The summed E-state index contributed by atoms with van der Waals surface area (Å²) in [6, 6.07) is 2.18. The molecule has 0 aliphatic heterocycles. The molecule has 0 saturated heterocycles. The summed E-state index contributed by atoms with van der Waals surface area (Å²) in [6.45, 7) is 4.25. The maximum absolute atomic E-state index is 12.1. The number of carbonyl (C=O) groups is 1. The zero-order valence-electron chi connectivity index (χ0n) is 12.5. The summed E-state index contributed by atoms with van der Waals surface area (Å²) in [5.41, 5.74) is 0. The Kier molecular flexibility index (Phi) is 7.55. The molecule has 0 aromatic heterocycles. The van der Waals surface area contributed by atoms with Crippen LogP contribution in [0.15, 0.2) is 0 Å². The van der Waals surface area contributed by atoms with Gasteiger partial charge in [0.15, 0.2) is 0 Å². The van der Waals surface area contributed by atoms with Gasteiger partial charge in [-0.3, -0.25) is 4.79 Å². The normalized spacial score (nSPS) is 24.5. The van der Waals surface area contributed by atoms with Gasteiger partial charge in [-0.2, -0.15) is 5.26 Å². The van der Waals surface area contributed by atoms with E-state index in [0.717, 1.165) is 25.2 Å². The highest BCUT2D eigenvalue weighted by Gasteiger charge is 2.26. The summed E-state index contributed by atoms with van der Waals surface area (Å²) in [5, 5.41) is 11.7. The van der Waals surface area contributed by atoms with Crippen LogP contribution >= 0.6 is 0 Å². The lowest BCUT2D eigenvalue weighted by Gasteiger charge is -2.28. The van der Waals surface area contributed by atoms with Gasteiger partial charge in [0.05, 0.1) is 12.5 Å². The Morgan fingerprint density at radius 2 is 2.00 bits per heavy atom. The zero-order chi connectivity index (χ0) is 14.1. The van der Waals surface area contributed by atoms with Crippen LogP contribution in [-0.2, 0) is 4.79 Å². The van der Waals surface area contributed by atoms with Gasteiger partial charge < -0.3 is 5.32 Å². The van der Waals surface area contributed by atoms with Crippen LogP contribution in [0, 0.1) is 23.2 Å². The predicted octanol–water partition coefficient (Wildman–Crippen LogP) is 3.79. The van der Waals surface area contributed by atoms with Crippen molar-refractivity contribution >= 4 is 5.91 Å². The summed E-state index contributed by atoms with van der Waals surface area (Å²) in [4.78, 5) is 12.1. The number of nitrogens with zero attached hydrogens (tertiary/aromatic N) is 1. The van der Waals surface area contributed by atoms with E-state index in [0.29, 0.717) is 6.42 Å². The standard InChI is InChI=1S/C16H28N2O/c1-3-5-6-13-7-9-14(10-8-13)16(19)18-15(4-2)11-12-17/h13-15H,3-11H2,1-2H3,(H,18,19). The lowest BCUT2D eigenvalue weighted by molar-refractivity contribution is -0.127. The van der Waals surface area contributed by atoms with Gasteiger partial charge in [0.2, 0.25) is 5.91 Å². The molecule has 0 heterocycles. The summed E-state index contributed by atoms with van der Waals surface area (Å²) in [5.74, 6) is 1.20. The smallest absolute Gasteiger partial charge is 0.223 e. The van der Waals surface area contributed by atoms with E-state index in [4.69, 9.17) is 5.26 Å². The second kappa shape index (κ2) is 8.96. The Hall–Kier alpha value is -1.04. The third-order valence-electron chi connectivity index (χ3n) is 4.36. The van der Waals surface area contributed by atoms with Crippen LogP contribution in [0.25, 0.3) is 0 Å². The second-order valence-electron chi connectivity index (χ2n) is 5.84. The molecular weight excluding hydrogens is 236 g/mol. The number of hydrogen-bond acceptors (Lipinski definition) is 2. The van der Waals surface area contributed by atoms with Crippen molar-refractivity contribution in [1.82, 2.24) is 5.32 Å². The Morgan fingerprint density at radius 1 is 1.32 bits per heavy atom. The Balaban J connectivity index is 2.30. The SMILES string of the molecule is CCCCC1CCC(C(=O)NC(CC)CC#N)CC1. The van der Waals surface area contributed by atoms with Crippen molar-refractivity contribution in [2.75, 3.05) is 0 Å². The molecule has 108 valence electrons. The minimum atomic E-state index is 0.0373. The quantitative estimate of drug-likeness (QED) is 0.760. The molecule has 1 saturated carbocycles. The summed E-state index contributed by atoms with van der Waals surface area (Å²) >= 11 is 0. The minimum absolute atomic E-state index is 0.0373. The molecule has 1 atom stereocenters. The van der Waals surface area contributed by atoms with E-state index in [-0.39, 0.29) is 17.9 Å². The molecule has 0 radical (unpaired) electrons. The van der Waals surface area contributed by atoms with E-state index in [2.05, 4.69) is 18.3 Å². The molecule has 1 amide bonds. The lowest BCUT2D eigenvalue weighted by Crippen LogP contribution is -2.39. The van der Waals surface area contributed by atoms with Crippen LogP contribution in [-0.4, -0.2) is 11.9 Å². The highest BCUT2D eigenvalue weighted by Crippen LogP contribution is 2.32. The molecule has 1 unspecified atom stereocenters. The van der Waals surface area contributed by atoms with Gasteiger partial charge in [0, 0.05) is 12.0 Å². The van der Waals surface area contributed by atoms with E-state index < -0.39 is 0 Å². The maximum Gasteiger partial charge on any atom is 0.223 e. The molecule has 3 nitrogen and oxygen atoms in total. The van der Waals surface area contributed by atoms with E-state index in [1.54, 1.807) is 0 Å². The van der Waals surface area contributed by atoms with Crippen LogP contribution in [0.1, 0.15) is 71.6 Å². The highest BCUT2D eigenvalue weighted by atomic mass is 16.1. The van der Waals surface area contributed by atoms with Crippen molar-refractivity contribution in [2.45, 2.75) is 77.7 Å². The summed E-state index contributed by atoms with van der Waals surface area (Å²) in [6.07, 6.45) is 9.65. The first kappa shape index (κ1) is 16.0. The number of rotatable bonds is 7. The van der Waals surface area contributed by atoms with Crippen molar-refractivity contribution < 1.29 is 4.79 Å². The van der Waals surface area contributed by atoms with Crippen LogP contribution in [0.4, 0.5) is 0 Å². The van der Waals surface area contributed by atoms with Crippen LogP contribution in [0.5, 0.6) is 0 Å².